The number of hydrogen-bond donors (Lipinski definition) is 0. The highest BCUT2D eigenvalue weighted by Gasteiger charge is 2.32. The van der Waals surface area contributed by atoms with E-state index in [1.54, 1.807) is 5.30 Å². The third-order valence-corrected chi connectivity index (χ3v) is 7.27. The fraction of sp³-hybridized carbons (Fsp3) is 0.682. The average molecular weight is 491 g/mol. The lowest BCUT2D eigenvalue weighted by Crippen LogP contribution is -2.30. The first-order chi connectivity index (χ1) is 11.2. The molecule has 0 nitrogen and oxygen atoms in total. The van der Waals surface area contributed by atoms with Crippen LogP contribution in [0.2, 0.25) is 0 Å². The summed E-state index contributed by atoms with van der Waals surface area (Å²) in [6, 6.07) is 4.95. The summed E-state index contributed by atoms with van der Waals surface area (Å²) in [6.45, 7) is 21.1. The van der Waals surface area contributed by atoms with E-state index in [1.165, 1.54) is 27.3 Å². The summed E-state index contributed by atoms with van der Waals surface area (Å²) in [4.78, 5) is 0. The molecule has 0 bridgehead atoms. The molecule has 0 aliphatic heterocycles. The van der Waals surface area contributed by atoms with E-state index in [1.807, 2.05) is 0 Å². The summed E-state index contributed by atoms with van der Waals surface area (Å²) >= 11 is 7.44. The van der Waals surface area contributed by atoms with Crippen molar-refractivity contribution in [2.24, 2.45) is 0 Å². The Morgan fingerprint density at radius 1 is 0.840 bits per heavy atom. The summed E-state index contributed by atoms with van der Waals surface area (Å²) in [5.41, 5.74) is 4.93. The molecule has 0 spiro atoms. The van der Waals surface area contributed by atoms with E-state index in [4.69, 9.17) is 0 Å². The summed E-state index contributed by atoms with van der Waals surface area (Å²) in [7, 11) is 0.725. The Bertz CT molecular complexity index is 588. The SMILES string of the molecule is CC(C)(C)c1cc(C(C)(C)C)c([PH+]=C(Br)CCCBr)c(C(C)(C)C)c1. The van der Waals surface area contributed by atoms with Crippen LogP contribution >= 0.6 is 40.1 Å². The molecule has 0 amide bonds. The smallest absolute Gasteiger partial charge is 0.0928 e. The van der Waals surface area contributed by atoms with Crippen molar-refractivity contribution in [3.63, 3.8) is 0 Å². The van der Waals surface area contributed by atoms with Gasteiger partial charge in [0.25, 0.3) is 0 Å². The zero-order chi connectivity index (χ0) is 19.6. The summed E-state index contributed by atoms with van der Waals surface area (Å²) < 4.78 is 1.44. The lowest BCUT2D eigenvalue weighted by Gasteiger charge is -2.30. The van der Waals surface area contributed by atoms with Crippen LogP contribution in [0.1, 0.15) is 91.8 Å². The molecular weight excluding hydrogens is 455 g/mol. The average Bonchev–Trinajstić information content (AvgIpc) is 2.41. The van der Waals surface area contributed by atoms with Gasteiger partial charge in [0.15, 0.2) is 9.51 Å². The summed E-state index contributed by atoms with van der Waals surface area (Å²) in [6.07, 6.45) is 2.32. The summed E-state index contributed by atoms with van der Waals surface area (Å²) in [5, 5.41) is 2.61. The van der Waals surface area contributed by atoms with Gasteiger partial charge in [0, 0.05) is 22.9 Å². The molecule has 3 heteroatoms. The maximum absolute atomic E-state index is 3.88. The van der Waals surface area contributed by atoms with Crippen molar-refractivity contribution in [2.75, 3.05) is 5.33 Å². The predicted octanol–water partition coefficient (Wildman–Crippen LogP) is 7.58. The fourth-order valence-corrected chi connectivity index (χ4v) is 5.71. The van der Waals surface area contributed by atoms with Gasteiger partial charge in [0.1, 0.15) is 8.20 Å². The van der Waals surface area contributed by atoms with Gasteiger partial charge in [-0.05, 0) is 44.2 Å². The summed E-state index contributed by atoms with van der Waals surface area (Å²) in [5.74, 6) is 0. The Balaban J connectivity index is 3.77. The molecule has 0 saturated heterocycles. The minimum Gasteiger partial charge on any atom is -0.0928 e. The van der Waals surface area contributed by atoms with E-state index in [0.29, 0.717) is 0 Å². The van der Waals surface area contributed by atoms with Gasteiger partial charge in [0.05, 0.1) is 0 Å². The Kier molecular flexibility index (Phi) is 8.02. The van der Waals surface area contributed by atoms with Gasteiger partial charge >= 0.3 is 0 Å². The van der Waals surface area contributed by atoms with E-state index >= 15 is 0 Å². The molecule has 0 radical (unpaired) electrons. The highest BCUT2D eigenvalue weighted by atomic mass is 79.9. The van der Waals surface area contributed by atoms with Gasteiger partial charge in [0.2, 0.25) is 0 Å². The van der Waals surface area contributed by atoms with Crippen LogP contribution in [0.5, 0.6) is 0 Å². The van der Waals surface area contributed by atoms with Gasteiger partial charge < -0.3 is 0 Å². The first-order valence-electron chi connectivity index (χ1n) is 9.21. The number of halogens is 2. The second-order valence-corrected chi connectivity index (χ2v) is 13.9. The number of hydrogen-bond acceptors (Lipinski definition) is 0. The van der Waals surface area contributed by atoms with Crippen LogP contribution in [0.25, 0.3) is 0 Å². The molecule has 0 saturated carbocycles. The van der Waals surface area contributed by atoms with Crippen molar-refractivity contribution in [1.82, 2.24) is 0 Å². The molecule has 25 heavy (non-hydrogen) atoms. The zero-order valence-electron chi connectivity index (χ0n) is 17.5. The van der Waals surface area contributed by atoms with Crippen LogP contribution in [-0.4, -0.2) is 9.53 Å². The molecule has 0 aromatic heterocycles. The molecule has 1 aromatic rings. The lowest BCUT2D eigenvalue weighted by atomic mass is 9.75. The van der Waals surface area contributed by atoms with Crippen LogP contribution in [-0.2, 0) is 16.2 Å². The van der Waals surface area contributed by atoms with E-state index in [9.17, 15) is 0 Å². The zero-order valence-corrected chi connectivity index (χ0v) is 21.7. The second kappa shape index (κ2) is 8.57. The quantitative estimate of drug-likeness (QED) is 0.301. The first-order valence-corrected chi connectivity index (χ1v) is 12.1. The van der Waals surface area contributed by atoms with E-state index in [2.05, 4.69) is 106 Å². The minimum atomic E-state index is 0.145. The van der Waals surface area contributed by atoms with Crippen molar-refractivity contribution in [1.29, 1.82) is 0 Å². The van der Waals surface area contributed by atoms with Crippen LogP contribution in [0.15, 0.2) is 12.1 Å². The predicted molar refractivity (Wildman–Crippen MR) is 127 cm³/mol. The van der Waals surface area contributed by atoms with Crippen LogP contribution in [0.4, 0.5) is 0 Å². The normalized spacial score (nSPS) is 14.1. The molecule has 0 aliphatic carbocycles. The highest BCUT2D eigenvalue weighted by molar-refractivity contribution is 9.19. The van der Waals surface area contributed by atoms with Crippen molar-refractivity contribution in [3.8, 4) is 0 Å². The monoisotopic (exact) mass is 489 g/mol. The molecule has 1 rings (SSSR count). The standard InChI is InChI=1S/C22H35Br2P/c1-20(2,3)15-13-16(21(4,5)6)19(17(14-15)22(7,8)9)25-18(24)11-10-12-23/h13-14H,10-12H2,1-9H3/p+1. The lowest BCUT2D eigenvalue weighted by molar-refractivity contribution is 0.554. The van der Waals surface area contributed by atoms with Gasteiger partial charge in [-0.3, -0.25) is 0 Å². The largest absolute Gasteiger partial charge is 0.165 e. The minimum absolute atomic E-state index is 0.145. The molecular formula is C22H36Br2P+. The van der Waals surface area contributed by atoms with E-state index in [-0.39, 0.29) is 16.2 Å². The van der Waals surface area contributed by atoms with E-state index in [0.717, 1.165) is 20.0 Å². The fourth-order valence-electron chi connectivity index (χ4n) is 2.81. The Morgan fingerprint density at radius 3 is 1.60 bits per heavy atom. The molecule has 0 fully saturated rings. The Hall–Kier alpha value is 0.350. The second-order valence-electron chi connectivity index (χ2n) is 10.0. The third-order valence-electron chi connectivity index (χ3n) is 4.41. The van der Waals surface area contributed by atoms with Gasteiger partial charge in [-0.25, -0.2) is 0 Å². The molecule has 1 atom stereocenters. The van der Waals surface area contributed by atoms with Gasteiger partial charge in [-0.2, -0.15) is 0 Å². The van der Waals surface area contributed by atoms with Crippen molar-refractivity contribution < 1.29 is 0 Å². The van der Waals surface area contributed by atoms with Crippen molar-refractivity contribution in [3.05, 3.63) is 28.8 Å². The number of benzene rings is 1. The third kappa shape index (κ3) is 6.78. The van der Waals surface area contributed by atoms with Gasteiger partial charge in [-0.15, -0.1) is 0 Å². The van der Waals surface area contributed by atoms with Gasteiger partial charge in [-0.1, -0.05) is 90.4 Å². The van der Waals surface area contributed by atoms with Crippen LogP contribution in [0.3, 0.4) is 0 Å². The van der Waals surface area contributed by atoms with Crippen molar-refractivity contribution >= 4 is 49.6 Å². The van der Waals surface area contributed by atoms with Crippen LogP contribution in [0, 0.1) is 0 Å². The van der Waals surface area contributed by atoms with Crippen LogP contribution < -0.4 is 5.30 Å². The van der Waals surface area contributed by atoms with Crippen molar-refractivity contribution in [2.45, 2.75) is 91.4 Å². The molecule has 0 aliphatic rings. The molecule has 1 aromatic carbocycles. The maximum Gasteiger partial charge on any atom is 0.165 e. The number of rotatable bonds is 4. The molecule has 1 unspecified atom stereocenters. The maximum atomic E-state index is 3.88. The Morgan fingerprint density at radius 2 is 1.28 bits per heavy atom. The molecule has 142 valence electrons. The molecule has 0 heterocycles. The number of alkyl halides is 1. The topological polar surface area (TPSA) is 0 Å². The molecule has 0 N–H and O–H groups in total. The Labute approximate surface area is 174 Å². The van der Waals surface area contributed by atoms with E-state index < -0.39 is 0 Å². The highest BCUT2D eigenvalue weighted by Crippen LogP contribution is 2.35. The first kappa shape index (κ1) is 23.4.